The molecule has 1 aliphatic heterocycles. The number of hydrogen-bond donors (Lipinski definition) is 1. The van der Waals surface area contributed by atoms with E-state index in [-0.39, 0.29) is 0 Å². The van der Waals surface area contributed by atoms with E-state index in [0.29, 0.717) is 6.04 Å². The van der Waals surface area contributed by atoms with Crippen LogP contribution in [0.25, 0.3) is 0 Å². The summed E-state index contributed by atoms with van der Waals surface area (Å²) in [5, 5.41) is 2.23. The summed E-state index contributed by atoms with van der Waals surface area (Å²) < 4.78 is 0. The third kappa shape index (κ3) is 2.80. The first kappa shape index (κ1) is 13.8. The van der Waals surface area contributed by atoms with Gasteiger partial charge in [-0.3, -0.25) is 4.90 Å². The monoisotopic (exact) mass is 286 g/mol. The van der Waals surface area contributed by atoms with Crippen LogP contribution in [0.5, 0.6) is 0 Å². The Balaban J connectivity index is 1.69. The molecular formula is C17H22N2S. The Morgan fingerprint density at radius 1 is 1.20 bits per heavy atom. The molecule has 0 aliphatic carbocycles. The summed E-state index contributed by atoms with van der Waals surface area (Å²) in [4.78, 5) is 4.15. The first-order chi connectivity index (χ1) is 9.78. The molecule has 2 N–H and O–H groups in total. The summed E-state index contributed by atoms with van der Waals surface area (Å²) in [7, 11) is 0. The van der Waals surface area contributed by atoms with Gasteiger partial charge in [-0.1, -0.05) is 24.3 Å². The Hall–Kier alpha value is -1.16. The number of rotatable bonds is 4. The SMILES string of the molecule is CC1c2ccsc2CCN1Cc1ccc(CCN)cc1. The van der Waals surface area contributed by atoms with Gasteiger partial charge in [0.1, 0.15) is 0 Å². The van der Waals surface area contributed by atoms with E-state index in [9.17, 15) is 0 Å². The van der Waals surface area contributed by atoms with Crippen molar-refractivity contribution >= 4 is 11.3 Å². The molecule has 0 spiro atoms. The van der Waals surface area contributed by atoms with E-state index in [2.05, 4.69) is 47.5 Å². The van der Waals surface area contributed by atoms with E-state index in [1.807, 2.05) is 11.3 Å². The van der Waals surface area contributed by atoms with Gasteiger partial charge in [-0.15, -0.1) is 11.3 Å². The molecule has 1 atom stereocenters. The van der Waals surface area contributed by atoms with E-state index in [4.69, 9.17) is 5.73 Å². The van der Waals surface area contributed by atoms with Crippen molar-refractivity contribution in [1.82, 2.24) is 4.90 Å². The van der Waals surface area contributed by atoms with E-state index in [1.54, 1.807) is 4.88 Å². The standard InChI is InChI=1S/C17H22N2S/c1-13-16-8-11-20-17(16)7-10-19(13)12-15-4-2-14(3-5-15)6-9-18/h2-5,8,11,13H,6-7,9-10,12,18H2,1H3. The van der Waals surface area contributed by atoms with Crippen molar-refractivity contribution in [1.29, 1.82) is 0 Å². The van der Waals surface area contributed by atoms with Crippen molar-refractivity contribution in [2.24, 2.45) is 5.73 Å². The summed E-state index contributed by atoms with van der Waals surface area (Å²) in [6.45, 7) is 5.26. The van der Waals surface area contributed by atoms with Crippen molar-refractivity contribution in [3.05, 3.63) is 57.3 Å². The molecule has 20 heavy (non-hydrogen) atoms. The molecule has 106 valence electrons. The summed E-state index contributed by atoms with van der Waals surface area (Å²) >= 11 is 1.91. The van der Waals surface area contributed by atoms with Crippen molar-refractivity contribution in [3.8, 4) is 0 Å². The highest BCUT2D eigenvalue weighted by Gasteiger charge is 2.24. The first-order valence-electron chi connectivity index (χ1n) is 7.36. The average Bonchev–Trinajstić information content (AvgIpc) is 2.94. The molecule has 0 saturated heterocycles. The third-order valence-corrected chi connectivity index (χ3v) is 5.24. The molecule has 2 aromatic rings. The summed E-state index contributed by atoms with van der Waals surface area (Å²) in [6, 6.07) is 11.8. The number of hydrogen-bond acceptors (Lipinski definition) is 3. The van der Waals surface area contributed by atoms with Gasteiger partial charge in [0, 0.05) is 24.0 Å². The highest BCUT2D eigenvalue weighted by Crippen LogP contribution is 2.33. The van der Waals surface area contributed by atoms with Crippen LogP contribution in [0.2, 0.25) is 0 Å². The Labute approximate surface area is 125 Å². The fourth-order valence-corrected chi connectivity index (χ4v) is 3.95. The van der Waals surface area contributed by atoms with Crippen LogP contribution in [0, 0.1) is 0 Å². The van der Waals surface area contributed by atoms with Gasteiger partial charge < -0.3 is 5.73 Å². The molecule has 1 aromatic carbocycles. The second-order valence-corrected chi connectivity index (χ2v) is 6.55. The lowest BCUT2D eigenvalue weighted by atomic mass is 10.0. The second kappa shape index (κ2) is 6.08. The molecule has 0 radical (unpaired) electrons. The average molecular weight is 286 g/mol. The maximum absolute atomic E-state index is 5.59. The minimum atomic E-state index is 0.536. The van der Waals surface area contributed by atoms with Crippen molar-refractivity contribution in [2.45, 2.75) is 32.4 Å². The Morgan fingerprint density at radius 2 is 1.95 bits per heavy atom. The number of nitrogens with zero attached hydrogens (tertiary/aromatic N) is 1. The molecule has 0 saturated carbocycles. The zero-order valence-corrected chi connectivity index (χ0v) is 12.8. The van der Waals surface area contributed by atoms with E-state index < -0.39 is 0 Å². The van der Waals surface area contributed by atoms with E-state index >= 15 is 0 Å². The predicted octanol–water partition coefficient (Wildman–Crippen LogP) is 3.37. The van der Waals surface area contributed by atoms with E-state index in [1.165, 1.54) is 29.7 Å². The van der Waals surface area contributed by atoms with Gasteiger partial charge in [-0.05, 0) is 54.4 Å². The zero-order chi connectivity index (χ0) is 13.9. The Kier molecular flexibility index (Phi) is 4.20. The van der Waals surface area contributed by atoms with E-state index in [0.717, 1.165) is 19.5 Å². The predicted molar refractivity (Wildman–Crippen MR) is 86.0 cm³/mol. The minimum Gasteiger partial charge on any atom is -0.330 e. The van der Waals surface area contributed by atoms with Crippen LogP contribution in [-0.2, 0) is 19.4 Å². The van der Waals surface area contributed by atoms with Gasteiger partial charge in [-0.2, -0.15) is 0 Å². The van der Waals surface area contributed by atoms with Gasteiger partial charge in [-0.25, -0.2) is 0 Å². The van der Waals surface area contributed by atoms with Crippen molar-refractivity contribution < 1.29 is 0 Å². The van der Waals surface area contributed by atoms with Gasteiger partial charge >= 0.3 is 0 Å². The quantitative estimate of drug-likeness (QED) is 0.933. The van der Waals surface area contributed by atoms with Gasteiger partial charge in [0.15, 0.2) is 0 Å². The molecular weight excluding hydrogens is 264 g/mol. The lowest BCUT2D eigenvalue weighted by Crippen LogP contribution is -2.32. The molecule has 2 heterocycles. The molecule has 0 fully saturated rings. The minimum absolute atomic E-state index is 0.536. The topological polar surface area (TPSA) is 29.3 Å². The number of nitrogens with two attached hydrogens (primary N) is 1. The van der Waals surface area contributed by atoms with Crippen molar-refractivity contribution in [2.75, 3.05) is 13.1 Å². The highest BCUT2D eigenvalue weighted by atomic mass is 32.1. The fraction of sp³-hybridized carbons (Fsp3) is 0.412. The molecule has 0 bridgehead atoms. The van der Waals surface area contributed by atoms with Gasteiger partial charge in [0.25, 0.3) is 0 Å². The fourth-order valence-electron chi connectivity index (χ4n) is 2.99. The summed E-state index contributed by atoms with van der Waals surface area (Å²) in [5.74, 6) is 0. The molecule has 1 aromatic heterocycles. The number of fused-ring (bicyclic) bond motifs is 1. The van der Waals surface area contributed by atoms with Crippen LogP contribution < -0.4 is 5.73 Å². The zero-order valence-electron chi connectivity index (χ0n) is 12.0. The maximum Gasteiger partial charge on any atom is 0.0334 e. The van der Waals surface area contributed by atoms with Gasteiger partial charge in [0.2, 0.25) is 0 Å². The lowest BCUT2D eigenvalue weighted by Gasteiger charge is -2.33. The van der Waals surface area contributed by atoms with Crippen LogP contribution in [0.3, 0.4) is 0 Å². The maximum atomic E-state index is 5.59. The normalized spacial score (nSPS) is 19.0. The first-order valence-corrected chi connectivity index (χ1v) is 8.24. The largest absolute Gasteiger partial charge is 0.330 e. The molecule has 1 aliphatic rings. The van der Waals surface area contributed by atoms with Crippen molar-refractivity contribution in [3.63, 3.8) is 0 Å². The molecule has 3 heteroatoms. The van der Waals surface area contributed by atoms with Crippen LogP contribution in [0.1, 0.15) is 34.5 Å². The second-order valence-electron chi connectivity index (χ2n) is 5.55. The smallest absolute Gasteiger partial charge is 0.0334 e. The number of thiophene rings is 1. The highest BCUT2D eigenvalue weighted by molar-refractivity contribution is 7.10. The number of benzene rings is 1. The Bertz CT molecular complexity index is 559. The van der Waals surface area contributed by atoms with Crippen LogP contribution in [0.4, 0.5) is 0 Å². The third-order valence-electron chi connectivity index (χ3n) is 4.25. The Morgan fingerprint density at radius 3 is 2.70 bits per heavy atom. The molecule has 1 unspecified atom stereocenters. The van der Waals surface area contributed by atoms with Crippen LogP contribution in [0.15, 0.2) is 35.7 Å². The molecule has 0 amide bonds. The lowest BCUT2D eigenvalue weighted by molar-refractivity contribution is 0.191. The molecule has 3 rings (SSSR count). The van der Waals surface area contributed by atoms with Crippen LogP contribution >= 0.6 is 11.3 Å². The molecule has 2 nitrogen and oxygen atoms in total. The summed E-state index contributed by atoms with van der Waals surface area (Å²) in [5.41, 5.74) is 9.86. The summed E-state index contributed by atoms with van der Waals surface area (Å²) in [6.07, 6.45) is 2.17. The van der Waals surface area contributed by atoms with Gasteiger partial charge in [0.05, 0.1) is 0 Å². The van der Waals surface area contributed by atoms with Crippen LogP contribution in [-0.4, -0.2) is 18.0 Å².